The van der Waals surface area contributed by atoms with Gasteiger partial charge in [0.05, 0.1) is 2.88 Å². The van der Waals surface area contributed by atoms with Crippen molar-refractivity contribution in [2.45, 2.75) is 32.1 Å². The summed E-state index contributed by atoms with van der Waals surface area (Å²) >= 11 is 4.13. The second-order valence-corrected chi connectivity index (χ2v) is 8.10. The molecule has 1 aliphatic rings. The minimum Gasteiger partial charge on any atom is -0.356 e. The van der Waals surface area contributed by atoms with E-state index in [9.17, 15) is 4.79 Å². The highest BCUT2D eigenvalue weighted by Gasteiger charge is 2.14. The van der Waals surface area contributed by atoms with Crippen molar-refractivity contribution >= 4 is 52.2 Å². The molecule has 0 unspecified atom stereocenters. The van der Waals surface area contributed by atoms with Crippen molar-refractivity contribution in [2.24, 2.45) is 5.92 Å². The number of hydrogen-bond acceptors (Lipinski definition) is 3. The second-order valence-electron chi connectivity index (χ2n) is 5.04. The van der Waals surface area contributed by atoms with Crippen LogP contribution in [0.3, 0.4) is 0 Å². The van der Waals surface area contributed by atoms with Crippen molar-refractivity contribution in [3.8, 4) is 0 Å². The first-order chi connectivity index (χ1) is 9.24. The van der Waals surface area contributed by atoms with Gasteiger partial charge in [-0.25, -0.2) is 0 Å². The summed E-state index contributed by atoms with van der Waals surface area (Å²) in [6.07, 6.45) is 5.13. The van der Waals surface area contributed by atoms with Crippen LogP contribution >= 0.6 is 46.3 Å². The van der Waals surface area contributed by atoms with Crippen LogP contribution in [-0.4, -0.2) is 25.5 Å². The summed E-state index contributed by atoms with van der Waals surface area (Å²) in [7, 11) is 0. The highest BCUT2D eigenvalue weighted by Crippen LogP contribution is 2.19. The van der Waals surface area contributed by atoms with E-state index in [1.807, 2.05) is 0 Å². The monoisotopic (exact) mass is 428 g/mol. The van der Waals surface area contributed by atoms with Gasteiger partial charge in [0.15, 0.2) is 0 Å². The molecule has 2 rings (SSSR count). The molecule has 1 amide bonds. The van der Waals surface area contributed by atoms with Gasteiger partial charge in [0.2, 0.25) is 5.91 Å². The first-order valence-electron chi connectivity index (χ1n) is 6.95. The van der Waals surface area contributed by atoms with Crippen LogP contribution in [0.1, 0.15) is 30.6 Å². The molecule has 0 atom stereocenters. The Labute approximate surface area is 144 Å². The number of rotatable bonds is 6. The van der Waals surface area contributed by atoms with Crippen molar-refractivity contribution in [1.29, 1.82) is 0 Å². The van der Waals surface area contributed by atoms with Crippen LogP contribution in [0.15, 0.2) is 12.1 Å². The maximum Gasteiger partial charge on any atom is 0.220 e. The zero-order valence-corrected chi connectivity index (χ0v) is 15.3. The number of halogens is 2. The quantitative estimate of drug-likeness (QED) is 0.683. The molecule has 6 heteroatoms. The fourth-order valence-electron chi connectivity index (χ4n) is 2.41. The average Bonchev–Trinajstić information content (AvgIpc) is 2.83. The molecule has 0 radical (unpaired) electrons. The fourth-order valence-corrected chi connectivity index (χ4v) is 4.16. The van der Waals surface area contributed by atoms with Gasteiger partial charge in [0.1, 0.15) is 0 Å². The largest absolute Gasteiger partial charge is 0.356 e. The second kappa shape index (κ2) is 9.97. The standard InChI is InChI=1S/C14H21IN2OS.ClH/c15-13-3-2-12(19-13)7-10-17-14(18)4-1-11-5-8-16-9-6-11;/h2-3,11,16H,1,4-10H2,(H,17,18);1H. The number of amides is 1. The van der Waals surface area contributed by atoms with Gasteiger partial charge in [-0.05, 0) is 79.4 Å². The number of nitrogens with one attached hydrogen (secondary N) is 2. The molecule has 1 fully saturated rings. The maximum atomic E-state index is 11.8. The lowest BCUT2D eigenvalue weighted by Gasteiger charge is -2.22. The molecule has 0 aromatic carbocycles. The summed E-state index contributed by atoms with van der Waals surface area (Å²) < 4.78 is 1.31. The molecule has 1 saturated heterocycles. The van der Waals surface area contributed by atoms with Crippen molar-refractivity contribution in [3.05, 3.63) is 19.9 Å². The van der Waals surface area contributed by atoms with E-state index in [1.165, 1.54) is 20.6 Å². The average molecular weight is 429 g/mol. The Kier molecular flexibility index (Phi) is 9.08. The van der Waals surface area contributed by atoms with Gasteiger partial charge in [-0.2, -0.15) is 0 Å². The number of thiophene rings is 1. The van der Waals surface area contributed by atoms with Gasteiger partial charge in [-0.3, -0.25) is 4.79 Å². The van der Waals surface area contributed by atoms with Crippen LogP contribution in [0.4, 0.5) is 0 Å². The molecule has 0 saturated carbocycles. The van der Waals surface area contributed by atoms with Gasteiger partial charge in [-0.15, -0.1) is 23.7 Å². The molecule has 0 aliphatic carbocycles. The van der Waals surface area contributed by atoms with Crippen molar-refractivity contribution < 1.29 is 4.79 Å². The smallest absolute Gasteiger partial charge is 0.220 e. The molecular formula is C14H22ClIN2OS. The SMILES string of the molecule is Cl.O=C(CCC1CCNCC1)NCCc1ccc(I)s1. The van der Waals surface area contributed by atoms with E-state index >= 15 is 0 Å². The molecule has 20 heavy (non-hydrogen) atoms. The Balaban J connectivity index is 0.00000200. The fraction of sp³-hybridized carbons (Fsp3) is 0.643. The van der Waals surface area contributed by atoms with Crippen LogP contribution in [-0.2, 0) is 11.2 Å². The summed E-state index contributed by atoms with van der Waals surface area (Å²) in [5.41, 5.74) is 0. The lowest BCUT2D eigenvalue weighted by molar-refractivity contribution is -0.121. The Morgan fingerprint density at radius 3 is 2.80 bits per heavy atom. The number of carbonyl (C=O) groups excluding carboxylic acids is 1. The Bertz CT molecular complexity index is 408. The molecule has 3 nitrogen and oxygen atoms in total. The normalized spacial score (nSPS) is 15.7. The third kappa shape index (κ3) is 6.74. The summed E-state index contributed by atoms with van der Waals surface area (Å²) in [6.45, 7) is 2.99. The van der Waals surface area contributed by atoms with Crippen LogP contribution in [0.25, 0.3) is 0 Å². The van der Waals surface area contributed by atoms with Crippen molar-refractivity contribution in [2.75, 3.05) is 19.6 Å². The number of hydrogen-bond donors (Lipinski definition) is 2. The number of piperidine rings is 1. The van der Waals surface area contributed by atoms with E-state index < -0.39 is 0 Å². The van der Waals surface area contributed by atoms with Crippen LogP contribution in [0.5, 0.6) is 0 Å². The van der Waals surface area contributed by atoms with Crippen LogP contribution < -0.4 is 10.6 Å². The van der Waals surface area contributed by atoms with Crippen LogP contribution in [0, 0.1) is 8.80 Å². The third-order valence-electron chi connectivity index (χ3n) is 3.56. The van der Waals surface area contributed by atoms with Gasteiger partial charge in [0.25, 0.3) is 0 Å². The zero-order chi connectivity index (χ0) is 13.5. The predicted molar refractivity (Wildman–Crippen MR) is 95.8 cm³/mol. The molecule has 2 N–H and O–H groups in total. The lowest BCUT2D eigenvalue weighted by atomic mass is 9.93. The first kappa shape index (κ1) is 18.2. The summed E-state index contributed by atoms with van der Waals surface area (Å²) in [4.78, 5) is 13.1. The van der Waals surface area contributed by atoms with Gasteiger partial charge < -0.3 is 10.6 Å². The Morgan fingerprint density at radius 2 is 2.15 bits per heavy atom. The molecule has 0 spiro atoms. The predicted octanol–water partition coefficient (Wildman–Crippen LogP) is 3.21. The van der Waals surface area contributed by atoms with E-state index in [2.05, 4.69) is 45.4 Å². The first-order valence-corrected chi connectivity index (χ1v) is 8.85. The highest BCUT2D eigenvalue weighted by molar-refractivity contribution is 14.1. The zero-order valence-electron chi connectivity index (χ0n) is 11.5. The topological polar surface area (TPSA) is 41.1 Å². The summed E-state index contributed by atoms with van der Waals surface area (Å²) in [5.74, 6) is 0.954. The minimum atomic E-state index is 0. The Hall–Kier alpha value is 0.150. The van der Waals surface area contributed by atoms with E-state index in [0.29, 0.717) is 6.42 Å². The molecule has 1 aromatic heterocycles. The maximum absolute atomic E-state index is 11.8. The van der Waals surface area contributed by atoms with Crippen molar-refractivity contribution in [1.82, 2.24) is 10.6 Å². The molecular weight excluding hydrogens is 407 g/mol. The highest BCUT2D eigenvalue weighted by atomic mass is 127. The van der Waals surface area contributed by atoms with E-state index in [0.717, 1.165) is 38.4 Å². The van der Waals surface area contributed by atoms with Gasteiger partial charge in [0, 0.05) is 17.8 Å². The van der Waals surface area contributed by atoms with E-state index in [1.54, 1.807) is 11.3 Å². The molecule has 1 aliphatic heterocycles. The minimum absolute atomic E-state index is 0. The summed E-state index contributed by atoms with van der Waals surface area (Å²) in [6, 6.07) is 4.27. The van der Waals surface area contributed by atoms with E-state index in [4.69, 9.17) is 0 Å². The molecule has 2 heterocycles. The summed E-state index contributed by atoms with van der Waals surface area (Å²) in [5, 5.41) is 6.39. The molecule has 114 valence electrons. The third-order valence-corrected chi connectivity index (χ3v) is 5.51. The molecule has 0 bridgehead atoms. The van der Waals surface area contributed by atoms with Crippen molar-refractivity contribution in [3.63, 3.8) is 0 Å². The van der Waals surface area contributed by atoms with E-state index in [-0.39, 0.29) is 18.3 Å². The number of carbonyl (C=O) groups is 1. The van der Waals surface area contributed by atoms with Gasteiger partial charge in [-0.1, -0.05) is 0 Å². The van der Waals surface area contributed by atoms with Gasteiger partial charge >= 0.3 is 0 Å². The molecule has 1 aromatic rings. The Morgan fingerprint density at radius 1 is 1.40 bits per heavy atom. The lowest BCUT2D eigenvalue weighted by Crippen LogP contribution is -2.30. The van der Waals surface area contributed by atoms with Crippen LogP contribution in [0.2, 0.25) is 0 Å².